The fourth-order valence-corrected chi connectivity index (χ4v) is 5.57. The lowest BCUT2D eigenvalue weighted by Crippen LogP contribution is -2.28. The van der Waals surface area contributed by atoms with Crippen molar-refractivity contribution in [3.05, 3.63) is 78.4 Å². The average molecular weight is 350 g/mol. The van der Waals surface area contributed by atoms with Crippen LogP contribution in [0, 0.1) is 0 Å². The Morgan fingerprint density at radius 1 is 0.640 bits per heavy atom. The Balaban J connectivity index is 2.22. The van der Waals surface area contributed by atoms with E-state index >= 15 is 0 Å². The zero-order valence-corrected chi connectivity index (χ0v) is 15.7. The largest absolute Gasteiger partial charge is 0.508 e. The zero-order chi connectivity index (χ0) is 18.0. The molecule has 3 rings (SSSR count). The summed E-state index contributed by atoms with van der Waals surface area (Å²) < 4.78 is 0. The van der Waals surface area contributed by atoms with Crippen molar-refractivity contribution in [1.82, 2.24) is 0 Å². The minimum absolute atomic E-state index is 0.0328. The highest BCUT2D eigenvalue weighted by Crippen LogP contribution is 2.37. The van der Waals surface area contributed by atoms with E-state index in [1.807, 2.05) is 24.3 Å². The van der Waals surface area contributed by atoms with Crippen LogP contribution in [0.5, 0.6) is 11.5 Å². The smallest absolute Gasteiger partial charge is 0.115 e. The molecule has 0 aliphatic heterocycles. The van der Waals surface area contributed by atoms with Crippen molar-refractivity contribution in [2.45, 2.75) is 26.2 Å². The Kier molecular flexibility index (Phi) is 4.83. The van der Waals surface area contributed by atoms with Crippen molar-refractivity contribution in [1.29, 1.82) is 0 Å². The van der Waals surface area contributed by atoms with E-state index in [9.17, 15) is 10.2 Å². The van der Waals surface area contributed by atoms with Gasteiger partial charge in [-0.05, 0) is 59.1 Å². The lowest BCUT2D eigenvalue weighted by atomic mass is 9.87. The predicted octanol–water partition coefficient (Wildman–Crippen LogP) is 4.15. The van der Waals surface area contributed by atoms with E-state index in [0.29, 0.717) is 0 Å². The lowest BCUT2D eigenvalue weighted by molar-refractivity contribution is 0.475. The molecule has 0 atom stereocenters. The van der Waals surface area contributed by atoms with Gasteiger partial charge in [-0.1, -0.05) is 69.3 Å². The molecule has 0 aliphatic rings. The van der Waals surface area contributed by atoms with Gasteiger partial charge < -0.3 is 10.2 Å². The second-order valence-electron chi connectivity index (χ2n) is 7.14. The molecule has 0 unspecified atom stereocenters. The molecule has 3 aromatic rings. The molecule has 25 heavy (non-hydrogen) atoms. The van der Waals surface area contributed by atoms with Gasteiger partial charge >= 0.3 is 0 Å². The van der Waals surface area contributed by atoms with Gasteiger partial charge in [0.15, 0.2) is 0 Å². The molecule has 0 spiro atoms. The number of phenolic OH excluding ortho intramolecular Hbond substituents is 2. The molecule has 2 nitrogen and oxygen atoms in total. The number of aromatic hydroxyl groups is 2. The third-order valence-corrected chi connectivity index (χ3v) is 6.67. The van der Waals surface area contributed by atoms with E-state index < -0.39 is 7.92 Å². The van der Waals surface area contributed by atoms with E-state index in [-0.39, 0.29) is 16.9 Å². The minimum Gasteiger partial charge on any atom is -0.508 e. The SMILES string of the molecule is CC(C)(C)c1ccccc1P(c1ccc(O)cc1)c1ccc(O)cc1. The zero-order valence-electron chi connectivity index (χ0n) is 14.8. The first-order chi connectivity index (χ1) is 11.9. The van der Waals surface area contributed by atoms with E-state index in [1.165, 1.54) is 21.5 Å². The summed E-state index contributed by atoms with van der Waals surface area (Å²) in [6, 6.07) is 23.5. The van der Waals surface area contributed by atoms with Crippen LogP contribution in [-0.4, -0.2) is 10.2 Å². The van der Waals surface area contributed by atoms with Gasteiger partial charge in [0.2, 0.25) is 0 Å². The van der Waals surface area contributed by atoms with Crippen molar-refractivity contribution < 1.29 is 10.2 Å². The van der Waals surface area contributed by atoms with Gasteiger partial charge in [0.1, 0.15) is 11.5 Å². The lowest BCUT2D eigenvalue weighted by Gasteiger charge is -2.28. The summed E-state index contributed by atoms with van der Waals surface area (Å²) in [7, 11) is -0.778. The van der Waals surface area contributed by atoms with Gasteiger partial charge in [-0.2, -0.15) is 0 Å². The Hall–Kier alpha value is -2.31. The molecular weight excluding hydrogens is 327 g/mol. The molecule has 0 saturated heterocycles. The molecule has 3 aromatic carbocycles. The number of hydrogen-bond donors (Lipinski definition) is 2. The Morgan fingerprint density at radius 2 is 1.08 bits per heavy atom. The molecule has 0 saturated carbocycles. The van der Waals surface area contributed by atoms with E-state index in [4.69, 9.17) is 0 Å². The highest BCUT2D eigenvalue weighted by Gasteiger charge is 2.24. The summed E-state index contributed by atoms with van der Waals surface area (Å²) in [6.07, 6.45) is 0. The number of phenols is 2. The highest BCUT2D eigenvalue weighted by atomic mass is 31.1. The molecular formula is C22H23O2P. The minimum atomic E-state index is -0.778. The van der Waals surface area contributed by atoms with E-state index in [2.05, 4.69) is 45.0 Å². The summed E-state index contributed by atoms with van der Waals surface area (Å²) in [4.78, 5) is 0. The van der Waals surface area contributed by atoms with Crippen LogP contribution < -0.4 is 15.9 Å². The third-order valence-electron chi connectivity index (χ3n) is 4.17. The fourth-order valence-electron chi connectivity index (χ4n) is 2.93. The van der Waals surface area contributed by atoms with Crippen LogP contribution in [0.1, 0.15) is 26.3 Å². The van der Waals surface area contributed by atoms with Crippen LogP contribution in [0.25, 0.3) is 0 Å². The van der Waals surface area contributed by atoms with Crippen LogP contribution in [-0.2, 0) is 5.41 Å². The van der Waals surface area contributed by atoms with E-state index in [1.54, 1.807) is 24.3 Å². The molecule has 0 radical (unpaired) electrons. The molecule has 2 N–H and O–H groups in total. The third kappa shape index (κ3) is 3.86. The normalized spacial score (nSPS) is 11.7. The maximum absolute atomic E-state index is 9.67. The molecule has 0 heterocycles. The first-order valence-electron chi connectivity index (χ1n) is 8.34. The van der Waals surface area contributed by atoms with Crippen LogP contribution in [0.2, 0.25) is 0 Å². The predicted molar refractivity (Wildman–Crippen MR) is 107 cm³/mol. The summed E-state index contributed by atoms with van der Waals surface area (Å²) in [6.45, 7) is 6.69. The van der Waals surface area contributed by atoms with Crippen molar-refractivity contribution >= 4 is 23.8 Å². The van der Waals surface area contributed by atoms with Crippen LogP contribution in [0.3, 0.4) is 0 Å². The van der Waals surface area contributed by atoms with Crippen LogP contribution in [0.15, 0.2) is 72.8 Å². The molecule has 0 aromatic heterocycles. The molecule has 128 valence electrons. The number of benzene rings is 3. The van der Waals surface area contributed by atoms with Gasteiger partial charge in [-0.25, -0.2) is 0 Å². The second-order valence-corrected chi connectivity index (χ2v) is 9.32. The summed E-state index contributed by atoms with van der Waals surface area (Å²) in [5, 5.41) is 23.0. The topological polar surface area (TPSA) is 40.5 Å². The molecule has 0 bridgehead atoms. The van der Waals surface area contributed by atoms with Gasteiger partial charge in [-0.15, -0.1) is 0 Å². The van der Waals surface area contributed by atoms with E-state index in [0.717, 1.165) is 0 Å². The Labute approximate surface area is 150 Å². The van der Waals surface area contributed by atoms with Crippen molar-refractivity contribution in [2.75, 3.05) is 0 Å². The molecule has 0 amide bonds. The average Bonchev–Trinajstić information content (AvgIpc) is 2.58. The van der Waals surface area contributed by atoms with Crippen molar-refractivity contribution in [2.24, 2.45) is 0 Å². The molecule has 0 fully saturated rings. The Bertz CT molecular complexity index is 801. The van der Waals surface area contributed by atoms with Crippen LogP contribution >= 0.6 is 7.92 Å². The first-order valence-corrected chi connectivity index (χ1v) is 9.68. The summed E-state index contributed by atoms with van der Waals surface area (Å²) >= 11 is 0. The van der Waals surface area contributed by atoms with Gasteiger partial charge in [0.05, 0.1) is 0 Å². The fraction of sp³-hybridized carbons (Fsp3) is 0.182. The number of hydrogen-bond acceptors (Lipinski definition) is 2. The first kappa shape index (κ1) is 17.5. The maximum Gasteiger partial charge on any atom is 0.115 e. The standard InChI is InChI=1S/C22H23O2P/c1-22(2,3)20-6-4-5-7-21(20)25(18-12-8-16(23)9-13-18)19-14-10-17(24)11-15-19/h4-15,23-24H,1-3H3. The molecule has 3 heteroatoms. The van der Waals surface area contributed by atoms with Gasteiger partial charge in [0, 0.05) is 0 Å². The number of rotatable bonds is 3. The van der Waals surface area contributed by atoms with Gasteiger partial charge in [0.25, 0.3) is 0 Å². The quantitative estimate of drug-likeness (QED) is 0.697. The monoisotopic (exact) mass is 350 g/mol. The maximum atomic E-state index is 9.67. The van der Waals surface area contributed by atoms with Crippen molar-refractivity contribution in [3.8, 4) is 11.5 Å². The Morgan fingerprint density at radius 3 is 1.52 bits per heavy atom. The van der Waals surface area contributed by atoms with Crippen molar-refractivity contribution in [3.63, 3.8) is 0 Å². The van der Waals surface area contributed by atoms with Gasteiger partial charge in [-0.3, -0.25) is 0 Å². The highest BCUT2D eigenvalue weighted by molar-refractivity contribution is 7.79. The summed E-state index contributed by atoms with van der Waals surface area (Å²) in [5.74, 6) is 0.544. The van der Waals surface area contributed by atoms with Crippen LogP contribution in [0.4, 0.5) is 0 Å². The second kappa shape index (κ2) is 6.90. The molecule has 0 aliphatic carbocycles. The summed E-state index contributed by atoms with van der Waals surface area (Å²) in [5.41, 5.74) is 1.35.